The van der Waals surface area contributed by atoms with Gasteiger partial charge in [-0.15, -0.1) is 0 Å². The number of hydrogen-bond acceptors (Lipinski definition) is 5. The van der Waals surface area contributed by atoms with Crippen molar-refractivity contribution in [3.05, 3.63) is 11.8 Å². The molecule has 0 fully saturated rings. The number of hydrogen-bond donors (Lipinski definition) is 1. The maximum absolute atomic E-state index is 11.3. The molecule has 102 valence electrons. The second kappa shape index (κ2) is 5.27. The van der Waals surface area contributed by atoms with Crippen LogP contribution in [0.2, 0.25) is 0 Å². The highest BCUT2D eigenvalue weighted by molar-refractivity contribution is 7.91. The number of nitrogens with zero attached hydrogens (tertiary/aromatic N) is 2. The van der Waals surface area contributed by atoms with Crippen LogP contribution in [0.5, 0.6) is 5.88 Å². The van der Waals surface area contributed by atoms with Crippen molar-refractivity contribution in [1.82, 2.24) is 15.1 Å². The third-order valence-corrected chi connectivity index (χ3v) is 4.66. The van der Waals surface area contributed by atoms with Crippen LogP contribution < -0.4 is 10.1 Å². The van der Waals surface area contributed by atoms with E-state index in [0.29, 0.717) is 13.1 Å². The molecule has 0 aliphatic carbocycles. The SMILES string of the molecule is CC(CNCc1cc2n(n1)CCCO2)S(C)(=O)=O. The van der Waals surface area contributed by atoms with Crippen LogP contribution in [-0.2, 0) is 22.9 Å². The van der Waals surface area contributed by atoms with Gasteiger partial charge in [-0.25, -0.2) is 13.1 Å². The van der Waals surface area contributed by atoms with Crippen molar-refractivity contribution in [2.75, 3.05) is 19.4 Å². The highest BCUT2D eigenvalue weighted by Gasteiger charge is 2.15. The molecule has 1 unspecified atom stereocenters. The highest BCUT2D eigenvalue weighted by Crippen LogP contribution is 2.18. The minimum Gasteiger partial charge on any atom is -0.478 e. The predicted molar refractivity (Wildman–Crippen MR) is 68.4 cm³/mol. The van der Waals surface area contributed by atoms with Crippen LogP contribution in [0.3, 0.4) is 0 Å². The average molecular weight is 273 g/mol. The Labute approximate surface area is 107 Å². The van der Waals surface area contributed by atoms with Gasteiger partial charge in [0.25, 0.3) is 0 Å². The van der Waals surface area contributed by atoms with Crippen molar-refractivity contribution in [1.29, 1.82) is 0 Å². The van der Waals surface area contributed by atoms with Crippen molar-refractivity contribution in [3.63, 3.8) is 0 Å². The topological polar surface area (TPSA) is 73.2 Å². The van der Waals surface area contributed by atoms with Crippen molar-refractivity contribution < 1.29 is 13.2 Å². The van der Waals surface area contributed by atoms with E-state index in [1.54, 1.807) is 6.92 Å². The van der Waals surface area contributed by atoms with Crippen LogP contribution in [0, 0.1) is 0 Å². The molecule has 1 aliphatic heterocycles. The quantitative estimate of drug-likeness (QED) is 0.829. The van der Waals surface area contributed by atoms with E-state index in [1.807, 2.05) is 10.7 Å². The van der Waals surface area contributed by atoms with Gasteiger partial charge >= 0.3 is 0 Å². The third kappa shape index (κ3) is 3.23. The molecule has 1 atom stereocenters. The van der Waals surface area contributed by atoms with E-state index in [-0.39, 0.29) is 5.25 Å². The summed E-state index contributed by atoms with van der Waals surface area (Å²) in [5.41, 5.74) is 0.882. The van der Waals surface area contributed by atoms with Crippen molar-refractivity contribution in [2.45, 2.75) is 31.7 Å². The van der Waals surface area contributed by atoms with Crippen molar-refractivity contribution in [2.24, 2.45) is 0 Å². The summed E-state index contributed by atoms with van der Waals surface area (Å²) in [7, 11) is -2.97. The summed E-state index contributed by atoms with van der Waals surface area (Å²) < 4.78 is 29.8. The molecule has 0 amide bonds. The number of ether oxygens (including phenoxy) is 1. The van der Waals surface area contributed by atoms with Gasteiger partial charge in [0.2, 0.25) is 5.88 Å². The first-order chi connectivity index (χ1) is 8.47. The van der Waals surface area contributed by atoms with E-state index in [9.17, 15) is 8.42 Å². The summed E-state index contributed by atoms with van der Waals surface area (Å²) in [6.07, 6.45) is 2.23. The summed E-state index contributed by atoms with van der Waals surface area (Å²) in [5.74, 6) is 0.800. The molecule has 0 spiro atoms. The van der Waals surface area contributed by atoms with E-state index < -0.39 is 9.84 Å². The molecular formula is C11H19N3O3S. The molecule has 2 heterocycles. The standard InChI is InChI=1S/C11H19N3O3S/c1-9(18(2,15)16)7-12-8-10-6-11-14(13-10)4-3-5-17-11/h6,9,12H,3-5,7-8H2,1-2H3. The lowest BCUT2D eigenvalue weighted by Crippen LogP contribution is -2.30. The molecule has 6 nitrogen and oxygen atoms in total. The Kier molecular flexibility index (Phi) is 3.91. The van der Waals surface area contributed by atoms with Gasteiger partial charge in [0.1, 0.15) is 0 Å². The first kappa shape index (κ1) is 13.4. The van der Waals surface area contributed by atoms with Gasteiger partial charge in [-0.3, -0.25) is 0 Å². The van der Waals surface area contributed by atoms with Gasteiger partial charge in [0, 0.05) is 38.4 Å². The van der Waals surface area contributed by atoms with Gasteiger partial charge in [-0.1, -0.05) is 0 Å². The van der Waals surface area contributed by atoms with Crippen molar-refractivity contribution in [3.8, 4) is 5.88 Å². The first-order valence-electron chi connectivity index (χ1n) is 6.06. The molecule has 1 aromatic heterocycles. The monoisotopic (exact) mass is 273 g/mol. The Morgan fingerprint density at radius 3 is 3.06 bits per heavy atom. The maximum atomic E-state index is 11.3. The lowest BCUT2D eigenvalue weighted by molar-refractivity contribution is 0.230. The molecule has 2 rings (SSSR count). The third-order valence-electron chi connectivity index (χ3n) is 3.03. The van der Waals surface area contributed by atoms with Gasteiger partial charge in [0.15, 0.2) is 9.84 Å². The Morgan fingerprint density at radius 1 is 1.61 bits per heavy atom. The summed E-state index contributed by atoms with van der Waals surface area (Å²) in [5, 5.41) is 7.11. The second-order valence-electron chi connectivity index (χ2n) is 4.67. The zero-order valence-corrected chi connectivity index (χ0v) is 11.5. The molecule has 0 aromatic carbocycles. The predicted octanol–water partition coefficient (Wildman–Crippen LogP) is 0.188. The lowest BCUT2D eigenvalue weighted by Gasteiger charge is -2.13. The van der Waals surface area contributed by atoms with Crippen LogP contribution >= 0.6 is 0 Å². The van der Waals surface area contributed by atoms with Crippen LogP contribution in [0.15, 0.2) is 6.07 Å². The summed E-state index contributed by atoms with van der Waals surface area (Å²) >= 11 is 0. The van der Waals surface area contributed by atoms with Crippen LogP contribution in [-0.4, -0.2) is 42.9 Å². The summed E-state index contributed by atoms with van der Waals surface area (Å²) in [4.78, 5) is 0. The molecule has 0 bridgehead atoms. The van der Waals surface area contributed by atoms with Gasteiger partial charge in [0.05, 0.1) is 17.6 Å². The highest BCUT2D eigenvalue weighted by atomic mass is 32.2. The van der Waals surface area contributed by atoms with E-state index in [4.69, 9.17) is 4.74 Å². The van der Waals surface area contributed by atoms with E-state index in [0.717, 1.165) is 31.1 Å². The Hall–Kier alpha value is -1.08. The molecule has 1 N–H and O–H groups in total. The van der Waals surface area contributed by atoms with E-state index >= 15 is 0 Å². The lowest BCUT2D eigenvalue weighted by atomic mass is 10.4. The molecule has 1 aromatic rings. The Morgan fingerprint density at radius 2 is 2.39 bits per heavy atom. The van der Waals surface area contributed by atoms with E-state index in [2.05, 4.69) is 10.4 Å². The van der Waals surface area contributed by atoms with Crippen LogP contribution in [0.1, 0.15) is 19.0 Å². The second-order valence-corrected chi connectivity index (χ2v) is 7.13. The molecule has 7 heteroatoms. The average Bonchev–Trinajstić information content (AvgIpc) is 2.70. The molecule has 0 saturated heterocycles. The van der Waals surface area contributed by atoms with Gasteiger partial charge < -0.3 is 10.1 Å². The minimum atomic E-state index is -2.97. The largest absolute Gasteiger partial charge is 0.478 e. The Balaban J connectivity index is 1.85. The van der Waals surface area contributed by atoms with Gasteiger partial charge in [-0.05, 0) is 6.92 Å². The number of aromatic nitrogens is 2. The molecule has 18 heavy (non-hydrogen) atoms. The zero-order valence-electron chi connectivity index (χ0n) is 10.7. The zero-order chi connectivity index (χ0) is 13.2. The fourth-order valence-corrected chi connectivity index (χ4v) is 2.18. The smallest absolute Gasteiger partial charge is 0.212 e. The Bertz CT molecular complexity index is 486. The molecule has 0 radical (unpaired) electrons. The first-order valence-corrected chi connectivity index (χ1v) is 8.01. The fraction of sp³-hybridized carbons (Fsp3) is 0.727. The van der Waals surface area contributed by atoms with Gasteiger partial charge in [-0.2, -0.15) is 5.10 Å². The number of rotatable bonds is 5. The molecular weight excluding hydrogens is 254 g/mol. The normalized spacial score (nSPS) is 17.0. The van der Waals surface area contributed by atoms with E-state index in [1.165, 1.54) is 6.26 Å². The summed E-state index contributed by atoms with van der Waals surface area (Å²) in [6, 6.07) is 1.90. The number of fused-ring (bicyclic) bond motifs is 1. The van der Waals surface area contributed by atoms with Crippen LogP contribution in [0.4, 0.5) is 0 Å². The number of sulfone groups is 1. The molecule has 1 aliphatic rings. The van der Waals surface area contributed by atoms with Crippen molar-refractivity contribution >= 4 is 9.84 Å². The summed E-state index contributed by atoms with van der Waals surface area (Å²) in [6.45, 7) is 4.31. The fourth-order valence-electron chi connectivity index (χ4n) is 1.76. The minimum absolute atomic E-state index is 0.383. The van der Waals surface area contributed by atoms with Crippen LogP contribution in [0.25, 0.3) is 0 Å². The number of nitrogens with one attached hydrogen (secondary N) is 1. The number of aryl methyl sites for hydroxylation is 1. The molecule has 0 saturated carbocycles. The maximum Gasteiger partial charge on any atom is 0.212 e.